The van der Waals surface area contributed by atoms with Gasteiger partial charge in [0.05, 0.1) is 12.6 Å². The summed E-state index contributed by atoms with van der Waals surface area (Å²) in [6, 6.07) is 0.0278. The normalized spacial score (nSPS) is 19.5. The fraction of sp³-hybridized carbons (Fsp3) is 0.500. The van der Waals surface area contributed by atoms with E-state index in [1.807, 2.05) is 12.2 Å². The second kappa shape index (κ2) is 3.42. The lowest BCUT2D eigenvalue weighted by Crippen LogP contribution is -2.21. The number of nitrogens with two attached hydrogens (primary N) is 1. The van der Waals surface area contributed by atoms with Crippen molar-refractivity contribution in [3.05, 3.63) is 24.5 Å². The Hall–Kier alpha value is -0.760. The van der Waals surface area contributed by atoms with Crippen LogP contribution in [0.2, 0.25) is 0 Å². The van der Waals surface area contributed by atoms with E-state index in [0.29, 0.717) is 0 Å². The molecule has 1 rings (SSSR count). The molecule has 2 N–H and O–H groups in total. The molecule has 2 nitrogen and oxygen atoms in total. The zero-order chi connectivity index (χ0) is 7.40. The topological polar surface area (TPSA) is 35.2 Å². The van der Waals surface area contributed by atoms with Gasteiger partial charge in [0.2, 0.25) is 0 Å². The molecule has 10 heavy (non-hydrogen) atoms. The van der Waals surface area contributed by atoms with Crippen molar-refractivity contribution in [3.8, 4) is 0 Å². The maximum atomic E-state index is 5.72. The van der Waals surface area contributed by atoms with Gasteiger partial charge in [-0.2, -0.15) is 0 Å². The summed E-state index contributed by atoms with van der Waals surface area (Å²) in [7, 11) is 0. The molecule has 56 valence electrons. The first-order valence-electron chi connectivity index (χ1n) is 3.54. The van der Waals surface area contributed by atoms with Crippen LogP contribution in [0.5, 0.6) is 0 Å². The van der Waals surface area contributed by atoms with Crippen molar-refractivity contribution in [2.75, 3.05) is 6.61 Å². The van der Waals surface area contributed by atoms with Crippen molar-refractivity contribution in [2.45, 2.75) is 18.9 Å². The van der Waals surface area contributed by atoms with Crippen LogP contribution in [-0.2, 0) is 4.74 Å². The highest BCUT2D eigenvalue weighted by atomic mass is 16.5. The molecule has 0 saturated heterocycles. The highest BCUT2D eigenvalue weighted by Crippen LogP contribution is 2.13. The van der Waals surface area contributed by atoms with Crippen molar-refractivity contribution >= 4 is 0 Å². The summed E-state index contributed by atoms with van der Waals surface area (Å²) in [5.41, 5.74) is 5.72. The van der Waals surface area contributed by atoms with Crippen molar-refractivity contribution in [3.63, 3.8) is 0 Å². The molecule has 0 spiro atoms. The van der Waals surface area contributed by atoms with Gasteiger partial charge >= 0.3 is 0 Å². The minimum Gasteiger partial charge on any atom is -0.496 e. The summed E-state index contributed by atoms with van der Waals surface area (Å²) in [5, 5.41) is 0. The first-order chi connectivity index (χ1) is 4.84. The smallest absolute Gasteiger partial charge is 0.109 e. The minimum absolute atomic E-state index is 0.0278. The van der Waals surface area contributed by atoms with Crippen LogP contribution in [0.3, 0.4) is 0 Å². The third-order valence-corrected chi connectivity index (χ3v) is 1.52. The number of hydrogen-bond donors (Lipinski definition) is 1. The van der Waals surface area contributed by atoms with Gasteiger partial charge in [-0.3, -0.25) is 0 Å². The predicted octanol–water partition coefficient (Wildman–Crippen LogP) is 1.19. The highest BCUT2D eigenvalue weighted by molar-refractivity contribution is 5.07. The maximum Gasteiger partial charge on any atom is 0.109 e. The summed E-state index contributed by atoms with van der Waals surface area (Å²) >= 11 is 0. The van der Waals surface area contributed by atoms with E-state index in [-0.39, 0.29) is 6.04 Å². The Morgan fingerprint density at radius 1 is 1.90 bits per heavy atom. The predicted molar refractivity (Wildman–Crippen MR) is 41.4 cm³/mol. The molecule has 0 aromatic carbocycles. The molecule has 1 aliphatic heterocycles. The molecule has 0 radical (unpaired) electrons. The first-order valence-corrected chi connectivity index (χ1v) is 3.54. The van der Waals surface area contributed by atoms with Crippen molar-refractivity contribution < 1.29 is 4.74 Å². The van der Waals surface area contributed by atoms with E-state index in [0.717, 1.165) is 25.2 Å². The van der Waals surface area contributed by atoms with Gasteiger partial charge in [-0.15, -0.1) is 6.58 Å². The Morgan fingerprint density at radius 3 is 3.20 bits per heavy atom. The summed E-state index contributed by atoms with van der Waals surface area (Å²) < 4.78 is 5.26. The molecule has 1 heterocycles. The number of hydrogen-bond acceptors (Lipinski definition) is 2. The largest absolute Gasteiger partial charge is 0.496 e. The van der Waals surface area contributed by atoms with Crippen LogP contribution >= 0.6 is 0 Å². The molecule has 0 fully saturated rings. The van der Waals surface area contributed by atoms with Crippen LogP contribution < -0.4 is 5.73 Å². The van der Waals surface area contributed by atoms with E-state index in [1.54, 1.807) is 0 Å². The van der Waals surface area contributed by atoms with Gasteiger partial charge in [-0.05, 0) is 12.5 Å². The summed E-state index contributed by atoms with van der Waals surface area (Å²) in [5.74, 6) is 0.930. The molecule has 1 atom stereocenters. The van der Waals surface area contributed by atoms with Gasteiger partial charge in [0.15, 0.2) is 0 Å². The summed E-state index contributed by atoms with van der Waals surface area (Å²) in [6.45, 7) is 4.40. The van der Waals surface area contributed by atoms with Crippen molar-refractivity contribution in [1.29, 1.82) is 0 Å². The van der Waals surface area contributed by atoms with Crippen LogP contribution in [-0.4, -0.2) is 12.6 Å². The van der Waals surface area contributed by atoms with E-state index in [2.05, 4.69) is 6.58 Å². The Bertz CT molecular complexity index is 151. The molecule has 0 aliphatic carbocycles. The summed E-state index contributed by atoms with van der Waals surface area (Å²) in [6.07, 6.45) is 5.66. The van der Waals surface area contributed by atoms with E-state index in [9.17, 15) is 0 Å². The van der Waals surface area contributed by atoms with Crippen molar-refractivity contribution in [2.24, 2.45) is 5.73 Å². The van der Waals surface area contributed by atoms with E-state index < -0.39 is 0 Å². The van der Waals surface area contributed by atoms with Crippen LogP contribution in [0.1, 0.15) is 12.8 Å². The molecule has 0 amide bonds. The Labute approximate surface area is 61.4 Å². The van der Waals surface area contributed by atoms with Crippen LogP contribution in [0.25, 0.3) is 0 Å². The monoisotopic (exact) mass is 139 g/mol. The van der Waals surface area contributed by atoms with E-state index in [1.165, 1.54) is 0 Å². The molecule has 0 saturated carbocycles. The van der Waals surface area contributed by atoms with Crippen LogP contribution in [0, 0.1) is 0 Å². The zero-order valence-corrected chi connectivity index (χ0v) is 6.05. The fourth-order valence-corrected chi connectivity index (χ4v) is 0.991. The molecule has 1 aliphatic rings. The molecular weight excluding hydrogens is 126 g/mol. The second-order valence-corrected chi connectivity index (χ2v) is 2.37. The van der Waals surface area contributed by atoms with Crippen LogP contribution in [0.4, 0.5) is 0 Å². The van der Waals surface area contributed by atoms with Gasteiger partial charge in [0.25, 0.3) is 0 Å². The summed E-state index contributed by atoms with van der Waals surface area (Å²) in [4.78, 5) is 0. The van der Waals surface area contributed by atoms with E-state index >= 15 is 0 Å². The third-order valence-electron chi connectivity index (χ3n) is 1.52. The van der Waals surface area contributed by atoms with E-state index in [4.69, 9.17) is 10.5 Å². The Kier molecular flexibility index (Phi) is 2.51. The number of rotatable bonds is 3. The molecule has 2 heteroatoms. The Morgan fingerprint density at radius 2 is 2.70 bits per heavy atom. The Balaban J connectivity index is 2.39. The minimum atomic E-state index is 0.0278. The molecule has 0 aromatic heterocycles. The van der Waals surface area contributed by atoms with Gasteiger partial charge in [0.1, 0.15) is 5.76 Å². The van der Waals surface area contributed by atoms with Crippen molar-refractivity contribution in [1.82, 2.24) is 0 Å². The van der Waals surface area contributed by atoms with Gasteiger partial charge in [0, 0.05) is 6.42 Å². The lowest BCUT2D eigenvalue weighted by molar-refractivity contribution is 0.225. The quantitative estimate of drug-likeness (QED) is 0.596. The SMILES string of the molecule is C=CCC(N)C1=CCCO1. The zero-order valence-electron chi connectivity index (χ0n) is 6.05. The van der Waals surface area contributed by atoms with Crippen LogP contribution in [0.15, 0.2) is 24.5 Å². The first kappa shape index (κ1) is 7.35. The van der Waals surface area contributed by atoms with Gasteiger partial charge in [-0.1, -0.05) is 6.08 Å². The average molecular weight is 139 g/mol. The molecule has 0 bridgehead atoms. The molecule has 1 unspecified atom stereocenters. The fourth-order valence-electron chi connectivity index (χ4n) is 0.991. The maximum absolute atomic E-state index is 5.72. The standard InChI is InChI=1S/C8H13NO/c1-2-4-7(9)8-5-3-6-10-8/h2,5,7H,1,3-4,6,9H2. The van der Waals surface area contributed by atoms with Gasteiger partial charge in [-0.25, -0.2) is 0 Å². The molecule has 0 aromatic rings. The second-order valence-electron chi connectivity index (χ2n) is 2.37. The third kappa shape index (κ3) is 1.61. The number of ether oxygens (including phenoxy) is 1. The highest BCUT2D eigenvalue weighted by Gasteiger charge is 2.11. The lowest BCUT2D eigenvalue weighted by atomic mass is 10.2. The molecular formula is C8H13NO. The average Bonchev–Trinajstić information content (AvgIpc) is 2.38. The lowest BCUT2D eigenvalue weighted by Gasteiger charge is -2.09. The van der Waals surface area contributed by atoms with Gasteiger partial charge < -0.3 is 10.5 Å².